The van der Waals surface area contributed by atoms with E-state index in [0.717, 1.165) is 32.4 Å². The van der Waals surface area contributed by atoms with Gasteiger partial charge in [-0.25, -0.2) is 0 Å². The highest BCUT2D eigenvalue weighted by Crippen LogP contribution is 2.14. The minimum absolute atomic E-state index is 0.229. The molecule has 1 amide bonds. The molecule has 3 heteroatoms. The fourth-order valence-electron chi connectivity index (χ4n) is 1.65. The van der Waals surface area contributed by atoms with Gasteiger partial charge in [0, 0.05) is 26.1 Å². The molecule has 0 saturated carbocycles. The first kappa shape index (κ1) is 14.4. The number of nitrogens with zero attached hydrogens (tertiary/aromatic N) is 1. The second-order valence-corrected chi connectivity index (χ2v) is 4.11. The fraction of sp³-hybridized carbons (Fsp3) is 0.917. The molecule has 1 N–H and O–H groups in total. The van der Waals surface area contributed by atoms with Gasteiger partial charge in [-0.2, -0.15) is 0 Å². The van der Waals surface area contributed by atoms with Crippen LogP contribution in [0.1, 0.15) is 39.5 Å². The number of hydrogen-bond donors (Lipinski definition) is 1. The van der Waals surface area contributed by atoms with Gasteiger partial charge in [-0.15, -0.1) is 0 Å². The Morgan fingerprint density at radius 3 is 2.53 bits per heavy atom. The van der Waals surface area contributed by atoms with Crippen molar-refractivity contribution in [3.05, 3.63) is 0 Å². The molecule has 90 valence electrons. The van der Waals surface area contributed by atoms with Crippen molar-refractivity contribution >= 4 is 5.91 Å². The fourth-order valence-corrected chi connectivity index (χ4v) is 1.65. The Balaban J connectivity index is 4.00. The first-order chi connectivity index (χ1) is 7.17. The third-order valence-electron chi connectivity index (χ3n) is 2.82. The zero-order valence-corrected chi connectivity index (χ0v) is 10.7. The maximum atomic E-state index is 12.0. The van der Waals surface area contributed by atoms with Crippen molar-refractivity contribution in [3.8, 4) is 0 Å². The lowest BCUT2D eigenvalue weighted by atomic mass is 9.98. The molecular formula is C12H26N2O. The molecule has 0 spiro atoms. The minimum Gasteiger partial charge on any atom is -0.344 e. The van der Waals surface area contributed by atoms with Crippen molar-refractivity contribution in [1.82, 2.24) is 10.2 Å². The van der Waals surface area contributed by atoms with Crippen LogP contribution in [0.25, 0.3) is 0 Å². The van der Waals surface area contributed by atoms with E-state index in [1.165, 1.54) is 6.42 Å². The van der Waals surface area contributed by atoms with Crippen molar-refractivity contribution in [2.75, 3.05) is 27.2 Å². The third-order valence-corrected chi connectivity index (χ3v) is 2.82. The number of unbranched alkanes of at least 4 members (excludes halogenated alkanes) is 1. The number of hydrogen-bond acceptors (Lipinski definition) is 2. The van der Waals surface area contributed by atoms with Crippen LogP contribution in [0, 0.1) is 5.92 Å². The maximum absolute atomic E-state index is 12.0. The predicted octanol–water partition coefficient (Wildman–Crippen LogP) is 1.88. The van der Waals surface area contributed by atoms with Crippen LogP contribution in [-0.2, 0) is 4.79 Å². The van der Waals surface area contributed by atoms with E-state index in [2.05, 4.69) is 19.2 Å². The molecule has 1 unspecified atom stereocenters. The predicted molar refractivity (Wildman–Crippen MR) is 64.9 cm³/mol. The van der Waals surface area contributed by atoms with Gasteiger partial charge in [0.15, 0.2) is 0 Å². The smallest absolute Gasteiger partial charge is 0.225 e. The Bertz CT molecular complexity index is 171. The number of likely N-dealkylation sites (N-methyl/N-ethyl adjacent to an activating group) is 2. The highest BCUT2D eigenvalue weighted by molar-refractivity contribution is 5.78. The zero-order valence-electron chi connectivity index (χ0n) is 10.7. The normalized spacial score (nSPS) is 12.5. The number of carbonyl (C=O) groups is 1. The van der Waals surface area contributed by atoms with Gasteiger partial charge in [-0.3, -0.25) is 4.79 Å². The Morgan fingerprint density at radius 2 is 2.07 bits per heavy atom. The van der Waals surface area contributed by atoms with Gasteiger partial charge in [0.05, 0.1) is 0 Å². The highest BCUT2D eigenvalue weighted by atomic mass is 16.2. The van der Waals surface area contributed by atoms with Gasteiger partial charge in [0.2, 0.25) is 5.91 Å². The van der Waals surface area contributed by atoms with Gasteiger partial charge in [-0.05, 0) is 19.9 Å². The van der Waals surface area contributed by atoms with E-state index < -0.39 is 0 Å². The SMILES string of the molecule is CCCCC(CC)C(=O)N(C)CCNC. The van der Waals surface area contributed by atoms with E-state index in [1.54, 1.807) is 0 Å². The van der Waals surface area contributed by atoms with Gasteiger partial charge in [0.1, 0.15) is 0 Å². The molecule has 0 aliphatic heterocycles. The van der Waals surface area contributed by atoms with Crippen molar-refractivity contribution < 1.29 is 4.79 Å². The summed E-state index contributed by atoms with van der Waals surface area (Å²) in [6, 6.07) is 0. The lowest BCUT2D eigenvalue weighted by molar-refractivity contribution is -0.134. The molecule has 15 heavy (non-hydrogen) atoms. The molecule has 3 nitrogen and oxygen atoms in total. The molecule has 0 aliphatic carbocycles. The second-order valence-electron chi connectivity index (χ2n) is 4.11. The Kier molecular flexibility index (Phi) is 8.38. The van der Waals surface area contributed by atoms with Crippen LogP contribution < -0.4 is 5.32 Å². The Morgan fingerprint density at radius 1 is 1.40 bits per heavy atom. The standard InChI is InChI=1S/C12H26N2O/c1-5-7-8-11(6-2)12(15)14(4)10-9-13-3/h11,13H,5-10H2,1-4H3. The molecule has 0 aliphatic rings. The average Bonchev–Trinajstić information content (AvgIpc) is 2.26. The van der Waals surface area contributed by atoms with E-state index in [9.17, 15) is 4.79 Å². The Hall–Kier alpha value is -0.570. The molecule has 0 radical (unpaired) electrons. The lowest BCUT2D eigenvalue weighted by Gasteiger charge is -2.22. The van der Waals surface area contributed by atoms with Crippen molar-refractivity contribution in [2.45, 2.75) is 39.5 Å². The second kappa shape index (κ2) is 8.72. The molecule has 0 rings (SSSR count). The summed E-state index contributed by atoms with van der Waals surface area (Å²) in [6.45, 7) is 5.94. The molecule has 0 fully saturated rings. The molecule has 0 aromatic heterocycles. The quantitative estimate of drug-likeness (QED) is 0.669. The number of nitrogens with one attached hydrogen (secondary N) is 1. The van der Waals surface area contributed by atoms with Gasteiger partial charge < -0.3 is 10.2 Å². The number of carbonyl (C=O) groups excluding carboxylic acids is 1. The summed E-state index contributed by atoms with van der Waals surface area (Å²) in [5.74, 6) is 0.535. The molecule has 0 heterocycles. The van der Waals surface area contributed by atoms with Crippen LogP contribution in [0.15, 0.2) is 0 Å². The molecule has 0 bridgehead atoms. The van der Waals surface area contributed by atoms with Crippen molar-refractivity contribution in [1.29, 1.82) is 0 Å². The summed E-state index contributed by atoms with van der Waals surface area (Å²) in [5.41, 5.74) is 0. The first-order valence-electron chi connectivity index (χ1n) is 6.06. The van der Waals surface area contributed by atoms with Gasteiger partial charge >= 0.3 is 0 Å². The topological polar surface area (TPSA) is 32.3 Å². The number of rotatable bonds is 8. The van der Waals surface area contributed by atoms with Crippen LogP contribution in [0.4, 0.5) is 0 Å². The maximum Gasteiger partial charge on any atom is 0.225 e. The molecule has 0 aromatic rings. The zero-order chi connectivity index (χ0) is 11.7. The summed E-state index contributed by atoms with van der Waals surface area (Å²) >= 11 is 0. The van der Waals surface area contributed by atoms with E-state index >= 15 is 0 Å². The largest absolute Gasteiger partial charge is 0.344 e. The minimum atomic E-state index is 0.229. The molecule has 0 aromatic carbocycles. The van der Waals surface area contributed by atoms with Crippen LogP contribution >= 0.6 is 0 Å². The molecule has 1 atom stereocenters. The highest BCUT2D eigenvalue weighted by Gasteiger charge is 2.18. The summed E-state index contributed by atoms with van der Waals surface area (Å²) in [7, 11) is 3.81. The van der Waals surface area contributed by atoms with E-state index in [0.29, 0.717) is 5.91 Å². The van der Waals surface area contributed by atoms with Gasteiger partial charge in [-0.1, -0.05) is 26.7 Å². The lowest BCUT2D eigenvalue weighted by Crippen LogP contribution is -2.36. The van der Waals surface area contributed by atoms with E-state index in [4.69, 9.17) is 0 Å². The number of amides is 1. The van der Waals surface area contributed by atoms with Crippen LogP contribution in [0.5, 0.6) is 0 Å². The van der Waals surface area contributed by atoms with Crippen molar-refractivity contribution in [3.63, 3.8) is 0 Å². The third kappa shape index (κ3) is 5.78. The summed E-state index contributed by atoms with van der Waals surface area (Å²) < 4.78 is 0. The van der Waals surface area contributed by atoms with Crippen LogP contribution in [-0.4, -0.2) is 38.0 Å². The van der Waals surface area contributed by atoms with Gasteiger partial charge in [0.25, 0.3) is 0 Å². The first-order valence-corrected chi connectivity index (χ1v) is 6.06. The summed E-state index contributed by atoms with van der Waals surface area (Å²) in [6.07, 6.45) is 4.33. The Labute approximate surface area is 94.2 Å². The monoisotopic (exact) mass is 214 g/mol. The molecular weight excluding hydrogens is 188 g/mol. The average molecular weight is 214 g/mol. The van der Waals surface area contributed by atoms with Crippen LogP contribution in [0.2, 0.25) is 0 Å². The van der Waals surface area contributed by atoms with Crippen LogP contribution in [0.3, 0.4) is 0 Å². The summed E-state index contributed by atoms with van der Waals surface area (Å²) in [4.78, 5) is 13.8. The van der Waals surface area contributed by atoms with E-state index in [1.807, 2.05) is 19.0 Å². The summed E-state index contributed by atoms with van der Waals surface area (Å²) in [5, 5.41) is 3.06. The van der Waals surface area contributed by atoms with Crippen molar-refractivity contribution in [2.24, 2.45) is 5.92 Å². The molecule has 0 saturated heterocycles. The van der Waals surface area contributed by atoms with E-state index in [-0.39, 0.29) is 5.92 Å².